The topological polar surface area (TPSA) is 90.7 Å². The van der Waals surface area contributed by atoms with Gasteiger partial charge in [-0.3, -0.25) is 4.79 Å². The van der Waals surface area contributed by atoms with E-state index in [4.69, 9.17) is 10.2 Å². The number of pyridine rings is 1. The summed E-state index contributed by atoms with van der Waals surface area (Å²) < 4.78 is 0. The smallest absolute Gasteiger partial charge is 0.354 e. The van der Waals surface area contributed by atoms with E-state index in [1.54, 1.807) is 6.07 Å². The monoisotopic (exact) mass is 236 g/mol. The zero-order valence-electron chi connectivity index (χ0n) is 9.04. The van der Waals surface area contributed by atoms with Crippen molar-refractivity contribution in [2.24, 2.45) is 5.92 Å². The van der Waals surface area contributed by atoms with Gasteiger partial charge in [0.2, 0.25) is 5.91 Å². The summed E-state index contributed by atoms with van der Waals surface area (Å²) >= 11 is 0. The third-order valence-corrected chi connectivity index (χ3v) is 2.74. The third kappa shape index (κ3) is 2.26. The van der Waals surface area contributed by atoms with Crippen molar-refractivity contribution in [1.82, 2.24) is 4.98 Å². The number of amides is 1. The Balaban J connectivity index is 2.25. The average Bonchev–Trinajstić information content (AvgIpc) is 2.71. The Hall–Kier alpha value is -1.95. The number of carboxylic acids is 1. The molecule has 0 aliphatic carbocycles. The molecule has 1 aliphatic rings. The number of hydrogen-bond donors (Lipinski definition) is 2. The molecular weight excluding hydrogens is 224 g/mol. The standard InChI is InChI=1S/C11H12N2O4/c14-6-7-3-10(15)13(5-7)8-1-2-12-9(4-8)11(16)17/h1-2,4,7,14H,3,5-6H2,(H,16,17). The van der Waals surface area contributed by atoms with Gasteiger partial charge in [-0.2, -0.15) is 0 Å². The van der Waals surface area contributed by atoms with E-state index in [-0.39, 0.29) is 24.1 Å². The van der Waals surface area contributed by atoms with Gasteiger partial charge in [-0.25, -0.2) is 9.78 Å². The van der Waals surface area contributed by atoms with Crippen LogP contribution in [0.5, 0.6) is 0 Å². The highest BCUT2D eigenvalue weighted by Gasteiger charge is 2.30. The fourth-order valence-corrected chi connectivity index (χ4v) is 1.86. The molecule has 6 nitrogen and oxygen atoms in total. The maximum absolute atomic E-state index is 11.7. The average molecular weight is 236 g/mol. The molecule has 0 saturated carbocycles. The van der Waals surface area contributed by atoms with Gasteiger partial charge in [0.05, 0.1) is 0 Å². The Kier molecular flexibility index (Phi) is 3.06. The van der Waals surface area contributed by atoms with Crippen LogP contribution in [-0.4, -0.2) is 40.2 Å². The highest BCUT2D eigenvalue weighted by molar-refractivity contribution is 5.97. The number of aliphatic hydroxyl groups is 1. The molecule has 1 atom stereocenters. The molecule has 1 aliphatic heterocycles. The van der Waals surface area contributed by atoms with E-state index >= 15 is 0 Å². The molecule has 1 saturated heterocycles. The zero-order chi connectivity index (χ0) is 12.4. The Labute approximate surface area is 97.5 Å². The highest BCUT2D eigenvalue weighted by atomic mass is 16.4. The van der Waals surface area contributed by atoms with Crippen LogP contribution in [0, 0.1) is 5.92 Å². The number of carbonyl (C=O) groups is 2. The first-order chi connectivity index (χ1) is 8.11. The zero-order valence-corrected chi connectivity index (χ0v) is 9.04. The van der Waals surface area contributed by atoms with Gasteiger partial charge in [0.15, 0.2) is 0 Å². The fourth-order valence-electron chi connectivity index (χ4n) is 1.86. The van der Waals surface area contributed by atoms with Crippen LogP contribution in [0.1, 0.15) is 16.9 Å². The van der Waals surface area contributed by atoms with Crippen molar-refractivity contribution in [3.05, 3.63) is 24.0 Å². The van der Waals surface area contributed by atoms with E-state index in [1.165, 1.54) is 17.2 Å². The summed E-state index contributed by atoms with van der Waals surface area (Å²) in [5, 5.41) is 17.8. The highest BCUT2D eigenvalue weighted by Crippen LogP contribution is 2.24. The van der Waals surface area contributed by atoms with Gasteiger partial charge >= 0.3 is 5.97 Å². The predicted octanol–water partition coefficient (Wildman–Crippen LogP) is 0.125. The summed E-state index contributed by atoms with van der Waals surface area (Å²) in [6, 6.07) is 2.95. The Morgan fingerprint density at radius 1 is 1.59 bits per heavy atom. The van der Waals surface area contributed by atoms with Gasteiger partial charge < -0.3 is 15.1 Å². The van der Waals surface area contributed by atoms with Gasteiger partial charge in [-0.05, 0) is 12.1 Å². The molecule has 2 rings (SSSR count). The molecule has 1 aromatic heterocycles. The van der Waals surface area contributed by atoms with Crippen LogP contribution in [0.2, 0.25) is 0 Å². The normalized spacial score (nSPS) is 19.7. The van der Waals surface area contributed by atoms with Gasteiger partial charge in [0.25, 0.3) is 0 Å². The van der Waals surface area contributed by atoms with Crippen molar-refractivity contribution in [2.45, 2.75) is 6.42 Å². The molecule has 1 unspecified atom stereocenters. The van der Waals surface area contributed by atoms with E-state index in [2.05, 4.69) is 4.98 Å². The number of aliphatic hydroxyl groups excluding tert-OH is 1. The van der Waals surface area contributed by atoms with Crippen molar-refractivity contribution in [3.63, 3.8) is 0 Å². The first-order valence-electron chi connectivity index (χ1n) is 5.22. The van der Waals surface area contributed by atoms with Gasteiger partial charge in [-0.1, -0.05) is 0 Å². The molecule has 0 radical (unpaired) electrons. The molecule has 0 aromatic carbocycles. The lowest BCUT2D eigenvalue weighted by Gasteiger charge is -2.16. The quantitative estimate of drug-likeness (QED) is 0.778. The van der Waals surface area contributed by atoms with E-state index in [9.17, 15) is 9.59 Å². The first-order valence-corrected chi connectivity index (χ1v) is 5.22. The van der Waals surface area contributed by atoms with Gasteiger partial charge in [0.1, 0.15) is 5.69 Å². The summed E-state index contributed by atoms with van der Waals surface area (Å²) in [6.45, 7) is 0.373. The number of anilines is 1. The van der Waals surface area contributed by atoms with Crippen LogP contribution in [-0.2, 0) is 4.79 Å². The molecule has 1 aromatic rings. The summed E-state index contributed by atoms with van der Waals surface area (Å²) in [5.41, 5.74) is 0.418. The molecule has 1 fully saturated rings. The summed E-state index contributed by atoms with van der Waals surface area (Å²) in [6.07, 6.45) is 1.65. The molecule has 2 N–H and O–H groups in total. The van der Waals surface area contributed by atoms with Crippen LogP contribution < -0.4 is 4.90 Å². The lowest BCUT2D eigenvalue weighted by atomic mass is 10.1. The van der Waals surface area contributed by atoms with E-state index < -0.39 is 5.97 Å². The van der Waals surface area contributed by atoms with E-state index in [0.717, 1.165) is 0 Å². The van der Waals surface area contributed by atoms with Crippen LogP contribution in [0.15, 0.2) is 18.3 Å². The van der Waals surface area contributed by atoms with Crippen LogP contribution >= 0.6 is 0 Å². The van der Waals surface area contributed by atoms with Crippen molar-refractivity contribution < 1.29 is 19.8 Å². The number of aromatic nitrogens is 1. The lowest BCUT2D eigenvalue weighted by Crippen LogP contribution is -2.25. The van der Waals surface area contributed by atoms with Gasteiger partial charge in [-0.15, -0.1) is 0 Å². The Morgan fingerprint density at radius 2 is 2.35 bits per heavy atom. The van der Waals surface area contributed by atoms with Crippen molar-refractivity contribution in [3.8, 4) is 0 Å². The largest absolute Gasteiger partial charge is 0.477 e. The van der Waals surface area contributed by atoms with Crippen LogP contribution in [0.4, 0.5) is 5.69 Å². The number of carboxylic acid groups (broad SMARTS) is 1. The van der Waals surface area contributed by atoms with Crippen molar-refractivity contribution in [2.75, 3.05) is 18.1 Å². The summed E-state index contributed by atoms with van der Waals surface area (Å²) in [7, 11) is 0. The molecule has 0 bridgehead atoms. The number of rotatable bonds is 3. The maximum Gasteiger partial charge on any atom is 0.354 e. The second kappa shape index (κ2) is 4.50. The lowest BCUT2D eigenvalue weighted by molar-refractivity contribution is -0.117. The molecule has 2 heterocycles. The first kappa shape index (κ1) is 11.5. The number of nitrogens with zero attached hydrogens (tertiary/aromatic N) is 2. The predicted molar refractivity (Wildman–Crippen MR) is 58.7 cm³/mol. The Morgan fingerprint density at radius 3 is 2.94 bits per heavy atom. The van der Waals surface area contributed by atoms with Crippen LogP contribution in [0.25, 0.3) is 0 Å². The van der Waals surface area contributed by atoms with Gasteiger partial charge in [0, 0.05) is 37.4 Å². The molecular formula is C11H12N2O4. The summed E-state index contributed by atoms with van der Waals surface area (Å²) in [5.74, 6) is -1.31. The van der Waals surface area contributed by atoms with E-state index in [1.807, 2.05) is 0 Å². The second-order valence-electron chi connectivity index (χ2n) is 3.96. The number of hydrogen-bond acceptors (Lipinski definition) is 4. The second-order valence-corrected chi connectivity index (χ2v) is 3.96. The number of aromatic carboxylic acids is 1. The minimum absolute atomic E-state index is 0.0425. The molecule has 0 spiro atoms. The third-order valence-electron chi connectivity index (χ3n) is 2.74. The minimum Gasteiger partial charge on any atom is -0.477 e. The molecule has 1 amide bonds. The fraction of sp³-hybridized carbons (Fsp3) is 0.364. The van der Waals surface area contributed by atoms with Crippen molar-refractivity contribution >= 4 is 17.6 Å². The summed E-state index contributed by atoms with van der Waals surface area (Å²) in [4.78, 5) is 27.6. The SMILES string of the molecule is O=C(O)c1cc(N2CC(CO)CC2=O)ccn1. The minimum atomic E-state index is -1.13. The maximum atomic E-state index is 11.7. The number of carbonyl (C=O) groups excluding carboxylic acids is 1. The van der Waals surface area contributed by atoms with Crippen molar-refractivity contribution in [1.29, 1.82) is 0 Å². The molecule has 6 heteroatoms. The molecule has 17 heavy (non-hydrogen) atoms. The Bertz CT molecular complexity index is 461. The van der Waals surface area contributed by atoms with E-state index in [0.29, 0.717) is 18.7 Å². The van der Waals surface area contributed by atoms with Crippen LogP contribution in [0.3, 0.4) is 0 Å². The molecule has 90 valence electrons.